The first-order valence-electron chi connectivity index (χ1n) is 14.2. The van der Waals surface area contributed by atoms with Crippen molar-refractivity contribution in [3.05, 3.63) is 100 Å². The van der Waals surface area contributed by atoms with Gasteiger partial charge in [0.1, 0.15) is 11.6 Å². The molecule has 2 heterocycles. The third-order valence-electron chi connectivity index (χ3n) is 8.35. The van der Waals surface area contributed by atoms with Crippen LogP contribution in [0.1, 0.15) is 57.9 Å². The molecule has 7 nitrogen and oxygen atoms in total. The summed E-state index contributed by atoms with van der Waals surface area (Å²) in [6, 6.07) is 18.2. The van der Waals surface area contributed by atoms with Gasteiger partial charge in [-0.15, -0.1) is 0 Å². The van der Waals surface area contributed by atoms with E-state index < -0.39 is 11.9 Å². The molecule has 0 unspecified atom stereocenters. The summed E-state index contributed by atoms with van der Waals surface area (Å²) in [4.78, 5) is 43.5. The zero-order valence-corrected chi connectivity index (χ0v) is 23.5. The van der Waals surface area contributed by atoms with Crippen LogP contribution in [0, 0.1) is 25.6 Å². The molecule has 3 atom stereocenters. The third kappa shape index (κ3) is 6.42. The molecule has 0 aliphatic carbocycles. The van der Waals surface area contributed by atoms with Gasteiger partial charge in [0.15, 0.2) is 0 Å². The van der Waals surface area contributed by atoms with E-state index in [0.29, 0.717) is 48.3 Å². The highest BCUT2D eigenvalue weighted by Gasteiger charge is 2.42. The number of nitrogens with zero attached hydrogens (tertiary/aromatic N) is 2. The van der Waals surface area contributed by atoms with Crippen molar-refractivity contribution in [1.82, 2.24) is 15.1 Å². The largest absolute Gasteiger partial charge is 0.507 e. The number of nitrogens with one attached hydrogen (secondary N) is 1. The van der Waals surface area contributed by atoms with Crippen LogP contribution >= 0.6 is 0 Å². The Bertz CT molecular complexity index is 1420. The molecular formula is C33H36FN3O4. The second-order valence-electron chi connectivity index (χ2n) is 11.2. The number of halogens is 1. The van der Waals surface area contributed by atoms with Crippen LogP contribution < -0.4 is 5.32 Å². The lowest BCUT2D eigenvalue weighted by Crippen LogP contribution is -2.49. The molecule has 2 N–H and O–H groups in total. The fourth-order valence-electron chi connectivity index (χ4n) is 6.23. The van der Waals surface area contributed by atoms with Gasteiger partial charge in [0, 0.05) is 31.2 Å². The van der Waals surface area contributed by atoms with Gasteiger partial charge >= 0.3 is 0 Å². The van der Waals surface area contributed by atoms with Gasteiger partial charge in [0.2, 0.25) is 11.8 Å². The van der Waals surface area contributed by atoms with Gasteiger partial charge < -0.3 is 20.2 Å². The first-order valence-corrected chi connectivity index (χ1v) is 14.2. The highest BCUT2D eigenvalue weighted by molar-refractivity contribution is 5.95. The molecular weight excluding hydrogens is 521 g/mol. The lowest BCUT2D eigenvalue weighted by atomic mass is 9.91. The second kappa shape index (κ2) is 12.1. The normalized spacial score (nSPS) is 19.0. The van der Waals surface area contributed by atoms with Crippen molar-refractivity contribution >= 4 is 17.7 Å². The first kappa shape index (κ1) is 28.3. The summed E-state index contributed by atoms with van der Waals surface area (Å²) in [5, 5.41) is 13.1. The number of hydrogen-bond donors (Lipinski definition) is 2. The van der Waals surface area contributed by atoms with Gasteiger partial charge in [-0.25, -0.2) is 4.39 Å². The van der Waals surface area contributed by atoms with E-state index in [9.17, 15) is 23.9 Å². The van der Waals surface area contributed by atoms with E-state index in [1.807, 2.05) is 40.1 Å². The number of phenolic OH excluding ortho intramolecular Hbond substituents is 1. The minimum Gasteiger partial charge on any atom is -0.507 e. The molecule has 2 aliphatic heterocycles. The Morgan fingerprint density at radius 2 is 1.71 bits per heavy atom. The second-order valence-corrected chi connectivity index (χ2v) is 11.2. The number of benzene rings is 3. The number of carbonyl (C=O) groups is 3. The number of rotatable bonds is 7. The predicted octanol–water partition coefficient (Wildman–Crippen LogP) is 4.70. The van der Waals surface area contributed by atoms with E-state index in [4.69, 9.17) is 0 Å². The summed E-state index contributed by atoms with van der Waals surface area (Å²) in [5.41, 5.74) is 3.31. The number of fused-ring (bicyclic) bond motifs is 1. The number of likely N-dealkylation sites (tertiary alicyclic amines) is 2. The van der Waals surface area contributed by atoms with Crippen LogP contribution in [0.15, 0.2) is 66.7 Å². The molecule has 5 rings (SSSR count). The Kier molecular flexibility index (Phi) is 8.38. The maximum absolute atomic E-state index is 14.1. The Morgan fingerprint density at radius 1 is 0.976 bits per heavy atom. The summed E-state index contributed by atoms with van der Waals surface area (Å²) in [6.45, 7) is 5.25. The summed E-state index contributed by atoms with van der Waals surface area (Å²) < 4.78 is 14.1. The predicted molar refractivity (Wildman–Crippen MR) is 154 cm³/mol. The Hall–Kier alpha value is -4.20. The summed E-state index contributed by atoms with van der Waals surface area (Å²) in [7, 11) is 0. The van der Waals surface area contributed by atoms with Gasteiger partial charge in [-0.05, 0) is 79.1 Å². The van der Waals surface area contributed by atoms with Crippen molar-refractivity contribution in [1.29, 1.82) is 0 Å². The number of aryl methyl sites for hydroxylation is 2. The highest BCUT2D eigenvalue weighted by Crippen LogP contribution is 2.34. The van der Waals surface area contributed by atoms with Crippen LogP contribution in [0.25, 0.3) is 0 Å². The van der Waals surface area contributed by atoms with Gasteiger partial charge in [-0.1, -0.05) is 42.5 Å². The molecule has 3 amide bonds. The van der Waals surface area contributed by atoms with Gasteiger partial charge in [-0.3, -0.25) is 14.4 Å². The fraction of sp³-hybridized carbons (Fsp3) is 0.364. The standard InChI is InChI=1S/C33H36FN3O4/c1-21-15-26(16-22(2)32(21)40)33(41)36-13-12-29-25(20-36)11-14-37(29)31(39)19-28(24-9-6-10-27(34)18-24)35-30(38)17-23-7-4-3-5-8-23/h3-10,15-16,18,25,28-29,40H,11-14,17,19-20H2,1-2H3,(H,35,38)/t25-,28-,29+/m0/s1. The minimum absolute atomic E-state index is 0.0167. The van der Waals surface area contributed by atoms with Crippen LogP contribution in [0.2, 0.25) is 0 Å². The van der Waals surface area contributed by atoms with Gasteiger partial charge in [-0.2, -0.15) is 0 Å². The van der Waals surface area contributed by atoms with Crippen LogP contribution in [0.5, 0.6) is 5.75 Å². The Balaban J connectivity index is 1.25. The molecule has 0 saturated carbocycles. The van der Waals surface area contributed by atoms with Crippen LogP contribution in [-0.2, 0) is 16.0 Å². The highest BCUT2D eigenvalue weighted by atomic mass is 19.1. The van der Waals surface area contributed by atoms with E-state index in [-0.39, 0.29) is 48.3 Å². The van der Waals surface area contributed by atoms with Crippen LogP contribution in [-0.4, -0.2) is 58.3 Å². The van der Waals surface area contributed by atoms with E-state index in [1.165, 1.54) is 12.1 Å². The topological polar surface area (TPSA) is 90.0 Å². The van der Waals surface area contributed by atoms with Crippen molar-refractivity contribution < 1.29 is 23.9 Å². The average Bonchev–Trinajstić information content (AvgIpc) is 3.39. The molecule has 2 aliphatic rings. The van der Waals surface area contributed by atoms with Gasteiger partial charge in [0.25, 0.3) is 5.91 Å². The number of aromatic hydroxyl groups is 1. The number of carbonyl (C=O) groups excluding carboxylic acids is 3. The van der Waals surface area contributed by atoms with Crippen LogP contribution in [0.3, 0.4) is 0 Å². The van der Waals surface area contributed by atoms with Crippen LogP contribution in [0.4, 0.5) is 4.39 Å². The molecule has 0 spiro atoms. The zero-order chi connectivity index (χ0) is 29.1. The Labute approximate surface area is 240 Å². The molecule has 214 valence electrons. The van der Waals surface area contributed by atoms with E-state index in [0.717, 1.165) is 12.0 Å². The molecule has 41 heavy (non-hydrogen) atoms. The zero-order valence-electron chi connectivity index (χ0n) is 23.5. The number of phenols is 1. The lowest BCUT2D eigenvalue weighted by Gasteiger charge is -2.38. The monoisotopic (exact) mass is 557 g/mol. The number of piperidine rings is 1. The van der Waals surface area contributed by atoms with Crippen molar-refractivity contribution in [3.8, 4) is 5.75 Å². The third-order valence-corrected chi connectivity index (χ3v) is 8.35. The average molecular weight is 558 g/mol. The summed E-state index contributed by atoms with van der Waals surface area (Å²) in [6.07, 6.45) is 1.66. The molecule has 0 aromatic heterocycles. The maximum Gasteiger partial charge on any atom is 0.253 e. The number of amides is 3. The molecule has 0 radical (unpaired) electrons. The Morgan fingerprint density at radius 3 is 2.41 bits per heavy atom. The van der Waals surface area contributed by atoms with Crippen molar-refractivity contribution in [2.24, 2.45) is 5.92 Å². The van der Waals surface area contributed by atoms with E-state index >= 15 is 0 Å². The smallest absolute Gasteiger partial charge is 0.253 e. The van der Waals surface area contributed by atoms with E-state index in [1.54, 1.807) is 38.1 Å². The summed E-state index contributed by atoms with van der Waals surface area (Å²) in [5.74, 6) is -0.434. The minimum atomic E-state index is -0.656. The van der Waals surface area contributed by atoms with Crippen molar-refractivity contribution in [3.63, 3.8) is 0 Å². The van der Waals surface area contributed by atoms with Gasteiger partial charge in [0.05, 0.1) is 18.9 Å². The maximum atomic E-state index is 14.1. The first-order chi connectivity index (χ1) is 19.7. The quantitative estimate of drug-likeness (QED) is 0.441. The molecule has 3 aromatic carbocycles. The molecule has 2 fully saturated rings. The van der Waals surface area contributed by atoms with Crippen molar-refractivity contribution in [2.75, 3.05) is 19.6 Å². The fourth-order valence-corrected chi connectivity index (χ4v) is 6.23. The molecule has 0 bridgehead atoms. The summed E-state index contributed by atoms with van der Waals surface area (Å²) >= 11 is 0. The molecule has 8 heteroatoms. The van der Waals surface area contributed by atoms with Crippen molar-refractivity contribution in [2.45, 2.75) is 51.6 Å². The molecule has 3 aromatic rings. The lowest BCUT2D eigenvalue weighted by molar-refractivity contribution is -0.133. The number of hydrogen-bond acceptors (Lipinski definition) is 4. The SMILES string of the molecule is Cc1cc(C(=O)N2CC[C@@H]3[C@@H](CCN3C(=O)C[C@H](NC(=O)Cc3ccccc3)c3cccc(F)c3)C2)cc(C)c1O. The molecule has 2 saturated heterocycles. The van der Waals surface area contributed by atoms with E-state index in [2.05, 4.69) is 5.32 Å².